The van der Waals surface area contributed by atoms with Gasteiger partial charge in [-0.25, -0.2) is 4.98 Å². The van der Waals surface area contributed by atoms with Crippen molar-refractivity contribution in [3.63, 3.8) is 0 Å². The maximum absolute atomic E-state index is 13.5. The van der Waals surface area contributed by atoms with E-state index < -0.39 is 11.9 Å². The molecule has 6 rings (SSSR count). The fourth-order valence-corrected chi connectivity index (χ4v) is 4.96. The Morgan fingerprint density at radius 3 is 2.73 bits per heavy atom. The summed E-state index contributed by atoms with van der Waals surface area (Å²) in [6.07, 6.45) is -1.72. The maximum atomic E-state index is 13.5. The van der Waals surface area contributed by atoms with Crippen LogP contribution in [0.1, 0.15) is 38.8 Å². The number of benzene rings is 2. The Hall–Kier alpha value is -5.05. The normalized spacial score (nSPS) is 14.6. The first-order valence-corrected chi connectivity index (χ1v) is 12.2. The Balaban J connectivity index is 1.27. The number of nitrogens with zero attached hydrogens (tertiary/aromatic N) is 6. The fourth-order valence-electron chi connectivity index (χ4n) is 4.96. The standard InChI is InChI=1S/C28H22F3N7O2/c1-36-13-17(25(35-36)28(29,30)31)6-4-15-5-8-18-22(14-40-23(18)10-15)37(2)27(39)16-7-9-21-19(11-16)24-20(26(32)34-21)12-33-38(24)3/h5,7-13,22H,14H2,1-3H3,(H2,32,34). The van der Waals surface area contributed by atoms with E-state index in [9.17, 15) is 18.0 Å². The van der Waals surface area contributed by atoms with Gasteiger partial charge in [0.2, 0.25) is 0 Å². The van der Waals surface area contributed by atoms with Gasteiger partial charge in [0.25, 0.3) is 5.91 Å². The van der Waals surface area contributed by atoms with Gasteiger partial charge in [0.15, 0.2) is 5.69 Å². The lowest BCUT2D eigenvalue weighted by Gasteiger charge is -2.24. The average Bonchev–Trinajstić information content (AvgIpc) is 3.63. The molecule has 0 fully saturated rings. The lowest BCUT2D eigenvalue weighted by molar-refractivity contribution is -0.141. The number of likely N-dealkylation sites (N-methyl/N-ethyl adjacent to an activating group) is 1. The number of anilines is 1. The summed E-state index contributed by atoms with van der Waals surface area (Å²) in [6.45, 7) is 0.229. The summed E-state index contributed by atoms with van der Waals surface area (Å²) < 4.78 is 48.3. The minimum atomic E-state index is -4.60. The van der Waals surface area contributed by atoms with Gasteiger partial charge in [-0.05, 0) is 30.3 Å². The van der Waals surface area contributed by atoms with Crippen LogP contribution in [-0.4, -0.2) is 49.0 Å². The van der Waals surface area contributed by atoms with Crippen molar-refractivity contribution >= 4 is 33.5 Å². The molecule has 0 saturated heterocycles. The number of pyridine rings is 1. The predicted octanol–water partition coefficient (Wildman–Crippen LogP) is 4.06. The number of halogens is 3. The molecule has 4 heterocycles. The number of aryl methyl sites for hydroxylation is 2. The molecule has 1 aliphatic heterocycles. The Morgan fingerprint density at radius 2 is 1.95 bits per heavy atom. The van der Waals surface area contributed by atoms with Crippen LogP contribution in [0.2, 0.25) is 0 Å². The van der Waals surface area contributed by atoms with Crippen molar-refractivity contribution in [3.05, 3.63) is 76.7 Å². The molecule has 1 atom stereocenters. The van der Waals surface area contributed by atoms with Crippen LogP contribution in [0.25, 0.3) is 21.8 Å². The third-order valence-corrected chi connectivity index (χ3v) is 6.95. The number of amides is 1. The van der Waals surface area contributed by atoms with E-state index in [2.05, 4.69) is 27.0 Å². The van der Waals surface area contributed by atoms with Crippen LogP contribution in [0.4, 0.5) is 19.0 Å². The average molecular weight is 546 g/mol. The molecule has 1 aliphatic rings. The third-order valence-electron chi connectivity index (χ3n) is 6.95. The number of hydrogen-bond donors (Lipinski definition) is 1. The molecule has 0 saturated carbocycles. The number of alkyl halides is 3. The largest absolute Gasteiger partial charge is 0.491 e. The first-order valence-electron chi connectivity index (χ1n) is 12.2. The van der Waals surface area contributed by atoms with E-state index in [4.69, 9.17) is 10.5 Å². The number of carbonyl (C=O) groups is 1. The summed E-state index contributed by atoms with van der Waals surface area (Å²) in [6, 6.07) is 10.0. The maximum Gasteiger partial charge on any atom is 0.436 e. The van der Waals surface area contributed by atoms with E-state index in [1.807, 2.05) is 0 Å². The molecule has 2 N–H and O–H groups in total. The van der Waals surface area contributed by atoms with Crippen LogP contribution in [-0.2, 0) is 20.3 Å². The van der Waals surface area contributed by atoms with Gasteiger partial charge in [0.1, 0.15) is 18.2 Å². The summed E-state index contributed by atoms with van der Waals surface area (Å²) in [5, 5.41) is 9.22. The molecule has 9 nitrogen and oxygen atoms in total. The summed E-state index contributed by atoms with van der Waals surface area (Å²) >= 11 is 0. The van der Waals surface area contributed by atoms with Gasteiger partial charge in [-0.2, -0.15) is 23.4 Å². The molecular weight excluding hydrogens is 523 g/mol. The number of aromatic nitrogens is 5. The van der Waals surface area contributed by atoms with Crippen LogP contribution in [0, 0.1) is 11.8 Å². The molecule has 5 aromatic rings. The van der Waals surface area contributed by atoms with Crippen molar-refractivity contribution in [2.24, 2.45) is 14.1 Å². The highest BCUT2D eigenvalue weighted by molar-refractivity contribution is 6.10. The minimum Gasteiger partial charge on any atom is -0.491 e. The van der Waals surface area contributed by atoms with Gasteiger partial charge < -0.3 is 15.4 Å². The number of hydrogen-bond acceptors (Lipinski definition) is 6. The van der Waals surface area contributed by atoms with Gasteiger partial charge in [0.05, 0.1) is 34.2 Å². The van der Waals surface area contributed by atoms with Crippen LogP contribution < -0.4 is 10.5 Å². The van der Waals surface area contributed by atoms with Crippen LogP contribution in [0.15, 0.2) is 48.8 Å². The van der Waals surface area contributed by atoms with E-state index in [1.54, 1.807) is 66.3 Å². The number of nitrogen functional groups attached to an aromatic ring is 1. The Labute approximate surface area is 225 Å². The van der Waals surface area contributed by atoms with Gasteiger partial charge in [-0.1, -0.05) is 17.9 Å². The zero-order chi connectivity index (χ0) is 28.3. The zero-order valence-corrected chi connectivity index (χ0v) is 21.6. The molecule has 40 heavy (non-hydrogen) atoms. The van der Waals surface area contributed by atoms with Crippen molar-refractivity contribution in [3.8, 4) is 17.6 Å². The number of nitrogens with two attached hydrogens (primary N) is 1. The fraction of sp³-hybridized carbons (Fsp3) is 0.214. The van der Waals surface area contributed by atoms with Crippen molar-refractivity contribution in [1.29, 1.82) is 0 Å². The van der Waals surface area contributed by atoms with Crippen molar-refractivity contribution in [1.82, 2.24) is 29.4 Å². The highest BCUT2D eigenvalue weighted by atomic mass is 19.4. The van der Waals surface area contributed by atoms with E-state index in [0.717, 1.165) is 21.1 Å². The number of fused-ring (bicyclic) bond motifs is 4. The Morgan fingerprint density at radius 1 is 1.15 bits per heavy atom. The molecular formula is C28H22F3N7O2. The zero-order valence-electron chi connectivity index (χ0n) is 21.6. The van der Waals surface area contributed by atoms with Gasteiger partial charge in [-0.15, -0.1) is 0 Å². The molecule has 3 aromatic heterocycles. The second-order valence-electron chi connectivity index (χ2n) is 9.57. The first kappa shape index (κ1) is 25.2. The van der Waals surface area contributed by atoms with Crippen molar-refractivity contribution in [2.75, 3.05) is 19.4 Å². The monoisotopic (exact) mass is 545 g/mol. The van der Waals surface area contributed by atoms with E-state index in [-0.39, 0.29) is 24.1 Å². The number of ether oxygens (including phenoxy) is 1. The van der Waals surface area contributed by atoms with E-state index in [1.165, 1.54) is 13.2 Å². The third kappa shape index (κ3) is 4.16. The van der Waals surface area contributed by atoms with Crippen molar-refractivity contribution in [2.45, 2.75) is 12.2 Å². The summed E-state index contributed by atoms with van der Waals surface area (Å²) in [4.78, 5) is 19.6. The highest BCUT2D eigenvalue weighted by Crippen LogP contribution is 2.37. The second-order valence-corrected chi connectivity index (χ2v) is 9.57. The molecule has 0 radical (unpaired) electrons. The molecule has 0 aliphatic carbocycles. The molecule has 0 spiro atoms. The lowest BCUT2D eigenvalue weighted by atomic mass is 10.0. The SMILES string of the molecule is CN(C(=O)c1ccc2nc(N)c3cnn(C)c3c2c1)C1COc2cc(C#Cc3cn(C)nc3C(F)(F)F)ccc21. The quantitative estimate of drug-likeness (QED) is 0.336. The summed E-state index contributed by atoms with van der Waals surface area (Å²) in [5.41, 5.74) is 8.01. The molecule has 12 heteroatoms. The number of carbonyl (C=O) groups excluding carboxylic acids is 1. The topological polar surface area (TPSA) is 104 Å². The van der Waals surface area contributed by atoms with Gasteiger partial charge in [0, 0.05) is 49.4 Å². The van der Waals surface area contributed by atoms with Crippen LogP contribution in [0.3, 0.4) is 0 Å². The summed E-state index contributed by atoms with van der Waals surface area (Å²) in [7, 11) is 4.91. The molecule has 1 unspecified atom stereocenters. The molecule has 1 amide bonds. The highest BCUT2D eigenvalue weighted by Gasteiger charge is 2.36. The lowest BCUT2D eigenvalue weighted by Crippen LogP contribution is -2.32. The minimum absolute atomic E-state index is 0.212. The summed E-state index contributed by atoms with van der Waals surface area (Å²) in [5.74, 6) is 6.00. The predicted molar refractivity (Wildman–Crippen MR) is 141 cm³/mol. The first-order chi connectivity index (χ1) is 19.0. The van der Waals surface area contributed by atoms with E-state index >= 15 is 0 Å². The molecule has 2 aromatic carbocycles. The van der Waals surface area contributed by atoms with Crippen LogP contribution in [0.5, 0.6) is 5.75 Å². The van der Waals surface area contributed by atoms with Gasteiger partial charge in [-0.3, -0.25) is 14.2 Å². The Bertz CT molecular complexity index is 1900. The smallest absolute Gasteiger partial charge is 0.436 e. The molecule has 0 bridgehead atoms. The molecule has 202 valence electrons. The van der Waals surface area contributed by atoms with Gasteiger partial charge >= 0.3 is 6.18 Å². The second kappa shape index (κ2) is 9.01. The van der Waals surface area contributed by atoms with Crippen molar-refractivity contribution < 1.29 is 22.7 Å². The van der Waals surface area contributed by atoms with E-state index in [0.29, 0.717) is 33.6 Å². The number of rotatable bonds is 2. The Kier molecular flexibility index (Phi) is 5.69. The van der Waals surface area contributed by atoms with Crippen LogP contribution >= 0.6 is 0 Å².